The first kappa shape index (κ1) is 13.4. The van der Waals surface area contributed by atoms with Gasteiger partial charge in [-0.05, 0) is 40.6 Å². The van der Waals surface area contributed by atoms with E-state index in [4.69, 9.17) is 5.11 Å². The van der Waals surface area contributed by atoms with E-state index in [1.165, 1.54) is 15.3 Å². The molecule has 4 heteroatoms. The smallest absolute Gasteiger partial charge is 0.0681 e. The van der Waals surface area contributed by atoms with Gasteiger partial charge in [-0.1, -0.05) is 18.2 Å². The fraction of sp³-hybridized carbons (Fsp3) is 0.125. The van der Waals surface area contributed by atoms with Crippen molar-refractivity contribution in [2.45, 2.75) is 13.2 Å². The van der Waals surface area contributed by atoms with Gasteiger partial charge in [0, 0.05) is 27.5 Å². The predicted molar refractivity (Wildman–Crippen MR) is 87.3 cm³/mol. The van der Waals surface area contributed by atoms with Gasteiger partial charge < -0.3 is 10.4 Å². The van der Waals surface area contributed by atoms with Gasteiger partial charge in [-0.25, -0.2) is 0 Å². The Balaban J connectivity index is 1.63. The number of anilines is 1. The van der Waals surface area contributed by atoms with Crippen molar-refractivity contribution in [3.05, 3.63) is 63.7 Å². The average Bonchev–Trinajstić information content (AvgIpc) is 3.16. The molecule has 1 aromatic carbocycles. The molecule has 0 saturated carbocycles. The molecule has 2 nitrogen and oxygen atoms in total. The number of rotatable bonds is 5. The lowest BCUT2D eigenvalue weighted by molar-refractivity contribution is 0.282. The summed E-state index contributed by atoms with van der Waals surface area (Å²) in [4.78, 5) is 2.64. The Morgan fingerprint density at radius 2 is 1.90 bits per heavy atom. The lowest BCUT2D eigenvalue weighted by Gasteiger charge is -2.05. The Morgan fingerprint density at radius 1 is 1.05 bits per heavy atom. The van der Waals surface area contributed by atoms with Gasteiger partial charge in [0.1, 0.15) is 0 Å². The molecule has 0 bridgehead atoms. The zero-order valence-electron chi connectivity index (χ0n) is 10.9. The molecular formula is C16H15NOS2. The number of aliphatic hydroxyl groups excluding tert-OH is 1. The number of thiophene rings is 2. The van der Waals surface area contributed by atoms with Crippen molar-refractivity contribution in [3.63, 3.8) is 0 Å². The zero-order chi connectivity index (χ0) is 13.8. The van der Waals surface area contributed by atoms with Gasteiger partial charge in [-0.15, -0.1) is 22.7 Å². The normalized spacial score (nSPS) is 10.7. The molecule has 2 heterocycles. The summed E-state index contributed by atoms with van der Waals surface area (Å²) < 4.78 is 0. The fourth-order valence-corrected chi connectivity index (χ4v) is 3.58. The molecule has 20 heavy (non-hydrogen) atoms. The Morgan fingerprint density at radius 3 is 2.60 bits per heavy atom. The summed E-state index contributed by atoms with van der Waals surface area (Å²) in [6.45, 7) is 0.921. The van der Waals surface area contributed by atoms with Gasteiger partial charge in [0.25, 0.3) is 0 Å². The molecular weight excluding hydrogens is 286 g/mol. The number of benzene rings is 1. The van der Waals surface area contributed by atoms with Crippen LogP contribution in [-0.2, 0) is 13.2 Å². The van der Waals surface area contributed by atoms with Crippen molar-refractivity contribution in [1.29, 1.82) is 0 Å². The number of hydrogen-bond donors (Lipinski definition) is 2. The van der Waals surface area contributed by atoms with Crippen molar-refractivity contribution in [1.82, 2.24) is 0 Å². The molecule has 0 unspecified atom stereocenters. The van der Waals surface area contributed by atoms with Crippen LogP contribution in [0.3, 0.4) is 0 Å². The molecule has 0 aliphatic rings. The molecule has 0 spiro atoms. The minimum Gasteiger partial charge on any atom is -0.392 e. The van der Waals surface area contributed by atoms with E-state index >= 15 is 0 Å². The lowest BCUT2D eigenvalue weighted by Crippen LogP contribution is -1.97. The summed E-state index contributed by atoms with van der Waals surface area (Å²) >= 11 is 3.55. The van der Waals surface area contributed by atoms with Crippen molar-refractivity contribution in [2.75, 3.05) is 5.32 Å². The highest BCUT2D eigenvalue weighted by atomic mass is 32.1. The van der Waals surface area contributed by atoms with Crippen LogP contribution in [0.5, 0.6) is 0 Å². The molecule has 0 fully saturated rings. The van der Waals surface area contributed by atoms with E-state index in [9.17, 15) is 0 Å². The maximum atomic E-state index is 9.01. The van der Waals surface area contributed by atoms with E-state index in [-0.39, 0.29) is 6.61 Å². The molecule has 3 rings (SSSR count). The summed E-state index contributed by atoms with van der Waals surface area (Å²) in [5.41, 5.74) is 3.32. The van der Waals surface area contributed by atoms with Gasteiger partial charge in [0.2, 0.25) is 0 Å². The van der Waals surface area contributed by atoms with Crippen LogP contribution >= 0.6 is 22.7 Å². The van der Waals surface area contributed by atoms with Gasteiger partial charge in [0.15, 0.2) is 0 Å². The van der Waals surface area contributed by atoms with Crippen LogP contribution in [0.2, 0.25) is 0 Å². The predicted octanol–water partition coefficient (Wildman–Crippen LogP) is 4.58. The van der Waals surface area contributed by atoms with Crippen LogP contribution in [0, 0.1) is 0 Å². The van der Waals surface area contributed by atoms with E-state index in [1.807, 2.05) is 24.3 Å². The third-order valence-electron chi connectivity index (χ3n) is 3.06. The van der Waals surface area contributed by atoms with E-state index in [0.29, 0.717) is 0 Å². The number of aliphatic hydroxyl groups is 1. The first-order chi connectivity index (χ1) is 9.85. The first-order valence-corrected chi connectivity index (χ1v) is 8.16. The third-order valence-corrected chi connectivity index (χ3v) is 4.92. The molecule has 0 atom stereocenters. The molecule has 102 valence electrons. The molecule has 0 amide bonds. The van der Waals surface area contributed by atoms with Gasteiger partial charge in [-0.3, -0.25) is 0 Å². The Labute approximate surface area is 126 Å². The maximum absolute atomic E-state index is 9.01. The van der Waals surface area contributed by atoms with Crippen LogP contribution in [0.15, 0.2) is 53.2 Å². The first-order valence-electron chi connectivity index (χ1n) is 6.40. The van der Waals surface area contributed by atoms with Crippen molar-refractivity contribution in [2.24, 2.45) is 0 Å². The molecule has 0 aliphatic heterocycles. The van der Waals surface area contributed by atoms with E-state index in [2.05, 4.69) is 34.3 Å². The van der Waals surface area contributed by atoms with Gasteiger partial charge >= 0.3 is 0 Å². The van der Waals surface area contributed by atoms with Crippen LogP contribution in [0.4, 0.5) is 5.69 Å². The second-order valence-electron chi connectivity index (χ2n) is 4.49. The topological polar surface area (TPSA) is 32.3 Å². The maximum Gasteiger partial charge on any atom is 0.0681 e. The van der Waals surface area contributed by atoms with E-state index in [0.717, 1.165) is 17.8 Å². The molecule has 2 aromatic heterocycles. The van der Waals surface area contributed by atoms with Crippen LogP contribution < -0.4 is 5.32 Å². The van der Waals surface area contributed by atoms with E-state index < -0.39 is 0 Å². The van der Waals surface area contributed by atoms with Crippen LogP contribution in [0.25, 0.3) is 10.4 Å². The minimum atomic E-state index is 0.0926. The number of nitrogens with one attached hydrogen (secondary N) is 1. The SMILES string of the molecule is OCc1ccc(NCc2cc(-c3cccs3)cs2)cc1. The van der Waals surface area contributed by atoms with Gasteiger partial charge in [-0.2, -0.15) is 0 Å². The highest BCUT2D eigenvalue weighted by molar-refractivity contribution is 7.14. The summed E-state index contributed by atoms with van der Waals surface area (Å²) in [5.74, 6) is 0. The standard InChI is InChI=1S/C16H15NOS2/c18-10-12-3-5-14(6-4-12)17-9-15-8-13(11-20-15)16-2-1-7-19-16/h1-8,11,17-18H,9-10H2. The van der Waals surface area contributed by atoms with E-state index in [1.54, 1.807) is 22.7 Å². The average molecular weight is 301 g/mol. The second kappa shape index (κ2) is 6.22. The molecule has 2 N–H and O–H groups in total. The highest BCUT2D eigenvalue weighted by Gasteiger charge is 2.03. The summed E-state index contributed by atoms with van der Waals surface area (Å²) in [6.07, 6.45) is 0. The fourth-order valence-electron chi connectivity index (χ4n) is 1.96. The van der Waals surface area contributed by atoms with Crippen molar-refractivity contribution < 1.29 is 5.11 Å². The summed E-state index contributed by atoms with van der Waals surface area (Å²) in [7, 11) is 0. The minimum absolute atomic E-state index is 0.0926. The molecule has 0 aliphatic carbocycles. The summed E-state index contributed by atoms with van der Waals surface area (Å²) in [5, 5.41) is 16.7. The van der Waals surface area contributed by atoms with Gasteiger partial charge in [0.05, 0.1) is 6.61 Å². The molecule has 0 saturated heterocycles. The molecule has 3 aromatic rings. The monoisotopic (exact) mass is 301 g/mol. The Bertz CT molecular complexity index is 656. The van der Waals surface area contributed by atoms with Crippen LogP contribution in [0.1, 0.15) is 10.4 Å². The van der Waals surface area contributed by atoms with Crippen molar-refractivity contribution in [3.8, 4) is 10.4 Å². The highest BCUT2D eigenvalue weighted by Crippen LogP contribution is 2.29. The lowest BCUT2D eigenvalue weighted by atomic mass is 10.2. The second-order valence-corrected chi connectivity index (χ2v) is 6.43. The third kappa shape index (κ3) is 3.10. The van der Waals surface area contributed by atoms with Crippen molar-refractivity contribution >= 4 is 28.4 Å². The summed E-state index contributed by atoms with van der Waals surface area (Å²) in [6, 6.07) is 14.3. The Kier molecular flexibility index (Phi) is 4.16. The van der Waals surface area contributed by atoms with Crippen LogP contribution in [-0.4, -0.2) is 5.11 Å². The largest absolute Gasteiger partial charge is 0.392 e. The Hall–Kier alpha value is -1.62. The molecule has 0 radical (unpaired) electrons. The zero-order valence-corrected chi connectivity index (χ0v) is 12.5. The number of hydrogen-bond acceptors (Lipinski definition) is 4. The quantitative estimate of drug-likeness (QED) is 0.723.